The third-order valence-electron chi connectivity index (χ3n) is 4.72. The molecule has 0 aliphatic rings. The van der Waals surface area contributed by atoms with Crippen LogP contribution in [0.4, 0.5) is 0 Å². The lowest BCUT2D eigenvalue weighted by Gasteiger charge is -2.06. The summed E-state index contributed by atoms with van der Waals surface area (Å²) in [5.41, 5.74) is 2.09. The molecule has 162 valence electrons. The van der Waals surface area contributed by atoms with Crippen molar-refractivity contribution in [2.24, 2.45) is 0 Å². The van der Waals surface area contributed by atoms with Crippen molar-refractivity contribution < 1.29 is 23.9 Å². The highest BCUT2D eigenvalue weighted by atomic mass is 79.9. The van der Waals surface area contributed by atoms with Crippen LogP contribution in [0.15, 0.2) is 47.1 Å². The van der Waals surface area contributed by atoms with Crippen LogP contribution in [0.1, 0.15) is 27.9 Å². The first-order valence-corrected chi connectivity index (χ1v) is 11.8. The molecule has 10 heteroatoms. The number of hydrogen-bond donors (Lipinski definition) is 2. The molecule has 2 aromatic carbocycles. The first kappa shape index (κ1) is 23.5. The maximum atomic E-state index is 12.7. The number of halogens is 1. The van der Waals surface area contributed by atoms with Crippen molar-refractivity contribution in [2.45, 2.75) is 6.42 Å². The Bertz CT molecular complexity index is 1370. The van der Waals surface area contributed by atoms with Crippen LogP contribution < -0.4 is 4.74 Å². The van der Waals surface area contributed by atoms with Gasteiger partial charge in [0.1, 0.15) is 5.75 Å². The number of benzene rings is 2. The Labute approximate surface area is 192 Å². The van der Waals surface area contributed by atoms with Gasteiger partial charge in [0, 0.05) is 33.6 Å². The summed E-state index contributed by atoms with van der Waals surface area (Å²) >= 11 is 3.39. The molecule has 0 aliphatic heterocycles. The SMILES string of the molecule is COc1ccc(C#N)cc1/C=C(\C#N)c1cn(C(=O)CCP(=O)(O)O)c2ccc(Br)cc12. The lowest BCUT2D eigenvalue weighted by atomic mass is 10.0. The molecule has 3 rings (SSSR count). The summed E-state index contributed by atoms with van der Waals surface area (Å²) in [6, 6.07) is 14.2. The molecular weight excluding hydrogens is 497 g/mol. The van der Waals surface area contributed by atoms with Crippen molar-refractivity contribution in [2.75, 3.05) is 13.3 Å². The smallest absolute Gasteiger partial charge is 0.326 e. The number of fused-ring (bicyclic) bond motifs is 1. The predicted molar refractivity (Wildman–Crippen MR) is 123 cm³/mol. The highest BCUT2D eigenvalue weighted by Crippen LogP contribution is 2.36. The summed E-state index contributed by atoms with van der Waals surface area (Å²) in [5, 5.41) is 19.7. The van der Waals surface area contributed by atoms with E-state index >= 15 is 0 Å². The number of hydrogen-bond acceptors (Lipinski definition) is 5. The van der Waals surface area contributed by atoms with Crippen molar-refractivity contribution >= 4 is 52.0 Å². The van der Waals surface area contributed by atoms with E-state index in [4.69, 9.17) is 14.5 Å². The maximum absolute atomic E-state index is 12.7. The molecule has 2 N–H and O–H groups in total. The van der Waals surface area contributed by atoms with E-state index in [9.17, 15) is 19.9 Å². The van der Waals surface area contributed by atoms with Gasteiger partial charge < -0.3 is 14.5 Å². The number of carbonyl (C=O) groups is 1. The summed E-state index contributed by atoms with van der Waals surface area (Å²) in [6.45, 7) is 0. The average molecular weight is 514 g/mol. The van der Waals surface area contributed by atoms with Gasteiger partial charge in [0.15, 0.2) is 0 Å². The molecule has 0 bridgehead atoms. The van der Waals surface area contributed by atoms with E-state index < -0.39 is 19.7 Å². The lowest BCUT2D eigenvalue weighted by molar-refractivity contribution is 0.0912. The minimum absolute atomic E-state index is 0.225. The number of methoxy groups -OCH3 is 1. The van der Waals surface area contributed by atoms with Gasteiger partial charge in [0.2, 0.25) is 5.91 Å². The minimum Gasteiger partial charge on any atom is -0.496 e. The van der Waals surface area contributed by atoms with Crippen LogP contribution in [0, 0.1) is 22.7 Å². The highest BCUT2D eigenvalue weighted by molar-refractivity contribution is 9.10. The van der Waals surface area contributed by atoms with Gasteiger partial charge in [0.05, 0.1) is 42.1 Å². The van der Waals surface area contributed by atoms with E-state index in [2.05, 4.69) is 22.0 Å². The number of nitrogens with zero attached hydrogens (tertiary/aromatic N) is 3. The summed E-state index contributed by atoms with van der Waals surface area (Å²) < 4.78 is 18.5. The average Bonchev–Trinajstić information content (AvgIpc) is 3.13. The number of ether oxygens (including phenoxy) is 1. The van der Waals surface area contributed by atoms with Crippen LogP contribution in [0.5, 0.6) is 5.75 Å². The fraction of sp³-hybridized carbons (Fsp3) is 0.136. The van der Waals surface area contributed by atoms with E-state index in [0.29, 0.717) is 33.3 Å². The normalized spacial score (nSPS) is 11.8. The van der Waals surface area contributed by atoms with E-state index in [-0.39, 0.29) is 12.0 Å². The number of rotatable bonds is 6. The molecule has 0 unspecified atom stereocenters. The molecule has 0 saturated heterocycles. The lowest BCUT2D eigenvalue weighted by Crippen LogP contribution is -2.11. The zero-order valence-corrected chi connectivity index (χ0v) is 19.3. The second-order valence-corrected chi connectivity index (χ2v) is 9.54. The highest BCUT2D eigenvalue weighted by Gasteiger charge is 2.20. The van der Waals surface area contributed by atoms with E-state index in [1.54, 1.807) is 42.5 Å². The van der Waals surface area contributed by atoms with Crippen LogP contribution in [-0.2, 0) is 4.57 Å². The van der Waals surface area contributed by atoms with Gasteiger partial charge in [-0.05, 0) is 42.5 Å². The number of carbonyl (C=O) groups excluding carboxylic acids is 1. The van der Waals surface area contributed by atoms with Crippen LogP contribution in [-0.4, -0.2) is 33.5 Å². The first-order chi connectivity index (χ1) is 15.2. The van der Waals surface area contributed by atoms with E-state index in [1.165, 1.54) is 17.9 Å². The van der Waals surface area contributed by atoms with Gasteiger partial charge in [-0.3, -0.25) is 13.9 Å². The molecule has 0 fully saturated rings. The zero-order chi connectivity index (χ0) is 23.5. The standard InChI is InChI=1S/C22H17BrN3O5P/c1-31-21-5-2-14(11-24)8-15(21)9-16(12-25)19-13-26(22(27)6-7-32(28,29)30)20-4-3-17(23)10-18(19)20/h2-5,8-10,13H,6-7H2,1H3,(H2,28,29,30)/b16-9+. The molecule has 0 radical (unpaired) electrons. The molecule has 0 amide bonds. The quantitative estimate of drug-likeness (QED) is 0.364. The molecule has 3 aromatic rings. The molecule has 1 heterocycles. The first-order valence-electron chi connectivity index (χ1n) is 9.25. The van der Waals surface area contributed by atoms with Gasteiger partial charge in [-0.15, -0.1) is 0 Å². The van der Waals surface area contributed by atoms with Gasteiger partial charge >= 0.3 is 7.60 Å². The predicted octanol–water partition coefficient (Wildman–Crippen LogP) is 4.56. The monoisotopic (exact) mass is 513 g/mol. The minimum atomic E-state index is -4.33. The summed E-state index contributed by atoms with van der Waals surface area (Å²) in [6.07, 6.45) is 2.12. The van der Waals surface area contributed by atoms with Crippen molar-refractivity contribution in [3.05, 3.63) is 63.8 Å². The second kappa shape index (κ2) is 9.52. The van der Waals surface area contributed by atoms with Gasteiger partial charge in [-0.1, -0.05) is 15.9 Å². The van der Waals surface area contributed by atoms with Crippen LogP contribution in [0.2, 0.25) is 0 Å². The molecule has 1 aromatic heterocycles. The fourth-order valence-electron chi connectivity index (χ4n) is 3.23. The van der Waals surface area contributed by atoms with Crippen molar-refractivity contribution in [3.63, 3.8) is 0 Å². The number of nitriles is 2. The molecule has 0 spiro atoms. The third-order valence-corrected chi connectivity index (χ3v) is 6.02. The van der Waals surface area contributed by atoms with Crippen LogP contribution >= 0.6 is 23.5 Å². The zero-order valence-electron chi connectivity index (χ0n) is 16.8. The largest absolute Gasteiger partial charge is 0.496 e. The van der Waals surface area contributed by atoms with E-state index in [1.807, 2.05) is 6.07 Å². The van der Waals surface area contributed by atoms with Crippen molar-refractivity contribution in [1.82, 2.24) is 4.57 Å². The Hall–Kier alpha value is -3.20. The molecule has 0 atom stereocenters. The summed E-state index contributed by atoms with van der Waals surface area (Å²) in [7, 11) is -2.86. The molecule has 0 saturated carbocycles. The van der Waals surface area contributed by atoms with Gasteiger partial charge in [-0.25, -0.2) is 0 Å². The second-order valence-electron chi connectivity index (χ2n) is 6.84. The van der Waals surface area contributed by atoms with Gasteiger partial charge in [-0.2, -0.15) is 10.5 Å². The summed E-state index contributed by atoms with van der Waals surface area (Å²) in [4.78, 5) is 30.9. The van der Waals surface area contributed by atoms with E-state index in [0.717, 1.165) is 4.47 Å². The molecule has 8 nitrogen and oxygen atoms in total. The Kier molecular flexibility index (Phi) is 6.98. The topological polar surface area (TPSA) is 136 Å². The van der Waals surface area contributed by atoms with Crippen LogP contribution in [0.3, 0.4) is 0 Å². The molecular formula is C22H17BrN3O5P. The Morgan fingerprint density at radius 3 is 2.62 bits per heavy atom. The van der Waals surface area contributed by atoms with Gasteiger partial charge in [0.25, 0.3) is 0 Å². The maximum Gasteiger partial charge on any atom is 0.326 e. The summed E-state index contributed by atoms with van der Waals surface area (Å²) in [5.74, 6) is -0.0346. The Balaban J connectivity index is 2.18. The third kappa shape index (κ3) is 5.16. The van der Waals surface area contributed by atoms with Crippen LogP contribution in [0.25, 0.3) is 22.6 Å². The Morgan fingerprint density at radius 1 is 1.25 bits per heavy atom. The fourth-order valence-corrected chi connectivity index (χ4v) is 4.07. The number of allylic oxidation sites excluding steroid dienone is 1. The Morgan fingerprint density at radius 2 is 2.00 bits per heavy atom. The molecule has 0 aliphatic carbocycles. The van der Waals surface area contributed by atoms with Crippen molar-refractivity contribution in [3.8, 4) is 17.9 Å². The van der Waals surface area contributed by atoms with Crippen molar-refractivity contribution in [1.29, 1.82) is 10.5 Å². The molecule has 32 heavy (non-hydrogen) atoms. The number of aromatic nitrogens is 1.